The van der Waals surface area contributed by atoms with Crippen LogP contribution in [0.4, 0.5) is 5.69 Å². The minimum absolute atomic E-state index is 0.170. The van der Waals surface area contributed by atoms with Gasteiger partial charge in [0.15, 0.2) is 0 Å². The highest BCUT2D eigenvalue weighted by Crippen LogP contribution is 2.33. The lowest BCUT2D eigenvalue weighted by atomic mass is 9.98. The lowest BCUT2D eigenvalue weighted by molar-refractivity contribution is -0.114. The summed E-state index contributed by atoms with van der Waals surface area (Å²) in [5.41, 5.74) is 2.61. The number of amides is 1. The molecule has 1 fully saturated rings. The first-order chi connectivity index (χ1) is 18.8. The summed E-state index contributed by atoms with van der Waals surface area (Å²) in [6, 6.07) is 20.2. The van der Waals surface area contributed by atoms with Gasteiger partial charge in [-0.15, -0.1) is 0 Å². The second-order valence-electron chi connectivity index (χ2n) is 10.0. The van der Waals surface area contributed by atoms with Crippen molar-refractivity contribution in [2.45, 2.75) is 30.8 Å². The second-order valence-corrected chi connectivity index (χ2v) is 12.0. The highest BCUT2D eigenvalue weighted by atomic mass is 32.2. The predicted molar refractivity (Wildman–Crippen MR) is 152 cm³/mol. The van der Waals surface area contributed by atoms with Crippen molar-refractivity contribution in [3.63, 3.8) is 0 Å². The molecule has 1 amide bonds. The van der Waals surface area contributed by atoms with Gasteiger partial charge in [0.25, 0.3) is 0 Å². The monoisotopic (exact) mass is 550 g/mol. The molecule has 1 aliphatic heterocycles. The molecule has 4 aromatic rings. The zero-order valence-electron chi connectivity index (χ0n) is 21.9. The van der Waals surface area contributed by atoms with Crippen molar-refractivity contribution in [1.82, 2.24) is 14.6 Å². The summed E-state index contributed by atoms with van der Waals surface area (Å²) < 4.78 is 33.6. The van der Waals surface area contributed by atoms with Gasteiger partial charge in [-0.2, -0.15) is 4.31 Å². The third-order valence-corrected chi connectivity index (χ3v) is 9.03. The van der Waals surface area contributed by atoms with Gasteiger partial charge in [-0.3, -0.25) is 4.79 Å². The molecule has 39 heavy (non-hydrogen) atoms. The molecule has 3 aromatic carbocycles. The summed E-state index contributed by atoms with van der Waals surface area (Å²) in [6.07, 6.45) is 0.808. The average Bonchev–Trinajstić information content (AvgIpc) is 3.31. The fourth-order valence-electron chi connectivity index (χ4n) is 5.10. The number of carbonyl (C=O) groups excluding carboxylic acids is 1. The third kappa shape index (κ3) is 6.25. The van der Waals surface area contributed by atoms with E-state index in [1.807, 2.05) is 36.4 Å². The van der Waals surface area contributed by atoms with E-state index in [1.165, 1.54) is 23.4 Å². The average molecular weight is 551 g/mol. The Morgan fingerprint density at radius 2 is 1.77 bits per heavy atom. The second kappa shape index (κ2) is 11.7. The van der Waals surface area contributed by atoms with Gasteiger partial charge in [-0.05, 0) is 67.8 Å². The van der Waals surface area contributed by atoms with Crippen LogP contribution in [0.2, 0.25) is 0 Å². The zero-order chi connectivity index (χ0) is 27.4. The topological polar surface area (TPSA) is 124 Å². The van der Waals surface area contributed by atoms with E-state index in [-0.39, 0.29) is 17.4 Å². The molecule has 0 bridgehead atoms. The van der Waals surface area contributed by atoms with Crippen molar-refractivity contribution in [3.05, 3.63) is 66.7 Å². The number of rotatable bonds is 10. The lowest BCUT2D eigenvalue weighted by Gasteiger charge is -2.31. The highest BCUT2D eigenvalue weighted by molar-refractivity contribution is 7.89. The van der Waals surface area contributed by atoms with E-state index in [9.17, 15) is 18.3 Å². The molecule has 1 aliphatic rings. The third-order valence-electron chi connectivity index (χ3n) is 7.12. The van der Waals surface area contributed by atoms with E-state index in [0.717, 1.165) is 40.4 Å². The number of hydrogen-bond acceptors (Lipinski definition) is 6. The van der Waals surface area contributed by atoms with E-state index >= 15 is 0 Å². The van der Waals surface area contributed by atoms with Crippen LogP contribution in [0.5, 0.6) is 5.75 Å². The number of aliphatic hydroxyl groups excluding tert-OH is 1. The van der Waals surface area contributed by atoms with Crippen LogP contribution >= 0.6 is 0 Å². The first-order valence-electron chi connectivity index (χ1n) is 13.2. The molecular formula is C29H34N4O5S. The quantitative estimate of drug-likeness (QED) is 0.239. The number of H-pyrrole nitrogens is 1. The minimum Gasteiger partial charge on any atom is -0.490 e. The van der Waals surface area contributed by atoms with Gasteiger partial charge in [0.05, 0.1) is 10.4 Å². The summed E-state index contributed by atoms with van der Waals surface area (Å²) in [7, 11) is -3.58. The number of aromatic amines is 1. The van der Waals surface area contributed by atoms with Crippen molar-refractivity contribution in [2.24, 2.45) is 5.92 Å². The van der Waals surface area contributed by atoms with Crippen molar-refractivity contribution in [1.29, 1.82) is 0 Å². The van der Waals surface area contributed by atoms with Crippen LogP contribution in [0.1, 0.15) is 19.8 Å². The molecule has 4 N–H and O–H groups in total. The number of sulfonamides is 1. The molecule has 206 valence electrons. The number of benzene rings is 3. The number of nitrogens with one attached hydrogen (secondary N) is 3. The van der Waals surface area contributed by atoms with Gasteiger partial charge in [0.2, 0.25) is 15.9 Å². The van der Waals surface area contributed by atoms with E-state index in [0.29, 0.717) is 37.8 Å². The summed E-state index contributed by atoms with van der Waals surface area (Å²) in [6.45, 7) is 3.57. The number of fused-ring (bicyclic) bond motifs is 3. The molecule has 1 atom stereocenters. The Labute approximate surface area is 228 Å². The molecule has 1 saturated heterocycles. The Kier molecular flexibility index (Phi) is 8.18. The molecule has 0 aliphatic carbocycles. The summed E-state index contributed by atoms with van der Waals surface area (Å²) in [5.74, 6) is 0.860. The molecule has 9 nitrogen and oxygen atoms in total. The number of aliphatic hydroxyl groups is 1. The van der Waals surface area contributed by atoms with Gasteiger partial charge in [0.1, 0.15) is 18.5 Å². The van der Waals surface area contributed by atoms with Crippen LogP contribution < -0.4 is 15.4 Å². The Morgan fingerprint density at radius 3 is 2.51 bits per heavy atom. The van der Waals surface area contributed by atoms with Crippen LogP contribution in [-0.4, -0.2) is 67.6 Å². The number of aromatic nitrogens is 1. The first-order valence-corrected chi connectivity index (χ1v) is 14.6. The van der Waals surface area contributed by atoms with Gasteiger partial charge < -0.3 is 25.5 Å². The number of nitrogens with zero attached hydrogens (tertiary/aromatic N) is 1. The van der Waals surface area contributed by atoms with Crippen LogP contribution in [0.3, 0.4) is 0 Å². The largest absolute Gasteiger partial charge is 0.490 e. The minimum atomic E-state index is -3.58. The van der Waals surface area contributed by atoms with Crippen LogP contribution in [-0.2, 0) is 14.8 Å². The number of hydrogen-bond donors (Lipinski definition) is 4. The highest BCUT2D eigenvalue weighted by Gasteiger charge is 2.29. The standard InChI is InChI=1S/C29H34N4O5S/c1-20(34)31-22-9-11-24(12-10-22)39(36,37)33-15-13-21(14-16-33)17-30-18-23(35)19-38-28-8-4-7-27-29(28)25-5-2-3-6-26(25)32-27/h2-12,21,23,30,32,35H,13-19H2,1H3,(H,31,34)/t23-/m0/s1. The Morgan fingerprint density at radius 1 is 1.05 bits per heavy atom. The van der Waals surface area contributed by atoms with Gasteiger partial charge in [-0.25, -0.2) is 8.42 Å². The number of ether oxygens (including phenoxy) is 1. The number of carbonyl (C=O) groups is 1. The Balaban J connectivity index is 1.07. The molecule has 0 spiro atoms. The van der Waals surface area contributed by atoms with Gasteiger partial charge >= 0.3 is 0 Å². The van der Waals surface area contributed by atoms with E-state index in [4.69, 9.17) is 4.74 Å². The van der Waals surface area contributed by atoms with Gasteiger partial charge in [-0.1, -0.05) is 24.3 Å². The molecular weight excluding hydrogens is 516 g/mol. The molecule has 5 rings (SSSR count). The molecule has 0 radical (unpaired) electrons. The number of piperidine rings is 1. The lowest BCUT2D eigenvalue weighted by Crippen LogP contribution is -2.42. The zero-order valence-corrected chi connectivity index (χ0v) is 22.7. The number of para-hydroxylation sites is 1. The molecule has 10 heteroatoms. The van der Waals surface area contributed by atoms with Gasteiger partial charge in [0, 0.05) is 48.5 Å². The summed E-state index contributed by atoms with van der Waals surface area (Å²) >= 11 is 0. The summed E-state index contributed by atoms with van der Waals surface area (Å²) in [5, 5.41) is 18.6. The normalized spacial score (nSPS) is 15.9. The molecule has 2 heterocycles. The fourth-order valence-corrected chi connectivity index (χ4v) is 6.57. The molecule has 0 unspecified atom stereocenters. The first kappa shape index (κ1) is 27.1. The van der Waals surface area contributed by atoms with Crippen LogP contribution in [0, 0.1) is 5.92 Å². The van der Waals surface area contributed by atoms with Crippen LogP contribution in [0.25, 0.3) is 21.8 Å². The van der Waals surface area contributed by atoms with Crippen molar-refractivity contribution in [2.75, 3.05) is 38.1 Å². The fraction of sp³-hybridized carbons (Fsp3) is 0.345. The maximum absolute atomic E-state index is 13.0. The Hall–Kier alpha value is -3.44. The van der Waals surface area contributed by atoms with Crippen molar-refractivity contribution >= 4 is 43.4 Å². The molecule has 0 saturated carbocycles. The van der Waals surface area contributed by atoms with E-state index < -0.39 is 16.1 Å². The van der Waals surface area contributed by atoms with Crippen LogP contribution in [0.15, 0.2) is 71.6 Å². The smallest absolute Gasteiger partial charge is 0.243 e. The van der Waals surface area contributed by atoms with Crippen molar-refractivity contribution < 1.29 is 23.1 Å². The Bertz CT molecular complexity index is 1540. The van der Waals surface area contributed by atoms with Crippen molar-refractivity contribution in [3.8, 4) is 5.75 Å². The van der Waals surface area contributed by atoms with E-state index in [2.05, 4.69) is 21.7 Å². The number of anilines is 1. The predicted octanol–water partition coefficient (Wildman–Crippen LogP) is 3.71. The maximum Gasteiger partial charge on any atom is 0.243 e. The summed E-state index contributed by atoms with van der Waals surface area (Å²) in [4.78, 5) is 14.8. The molecule has 1 aromatic heterocycles. The maximum atomic E-state index is 13.0. The SMILES string of the molecule is CC(=O)Nc1ccc(S(=O)(=O)N2CCC(CNC[C@H](O)COc3cccc4[nH]c5ccccc5c34)CC2)cc1. The van der Waals surface area contributed by atoms with E-state index in [1.54, 1.807) is 12.1 Å².